The number of carbonyl (C=O) groups is 2. The summed E-state index contributed by atoms with van der Waals surface area (Å²) in [6.45, 7) is 0.689. The van der Waals surface area contributed by atoms with E-state index in [4.69, 9.17) is 5.11 Å². The van der Waals surface area contributed by atoms with E-state index in [9.17, 15) is 9.59 Å². The van der Waals surface area contributed by atoms with Crippen molar-refractivity contribution in [3.63, 3.8) is 0 Å². The maximum Gasteiger partial charge on any atom is 0.304 e. The minimum Gasteiger partial charge on any atom is -0.481 e. The number of carboxylic acids is 1. The van der Waals surface area contributed by atoms with Gasteiger partial charge in [0, 0.05) is 12.5 Å². The van der Waals surface area contributed by atoms with Gasteiger partial charge in [0.1, 0.15) is 0 Å². The fourth-order valence-corrected chi connectivity index (χ4v) is 1.41. The molecule has 2 N–H and O–H groups in total. The van der Waals surface area contributed by atoms with E-state index in [0.717, 1.165) is 12.8 Å². The van der Waals surface area contributed by atoms with Crippen molar-refractivity contribution >= 4 is 11.9 Å². The molecule has 1 saturated heterocycles. The zero-order chi connectivity index (χ0) is 8.97. The zero-order valence-electron chi connectivity index (χ0n) is 6.88. The van der Waals surface area contributed by atoms with Crippen LogP contribution in [0.25, 0.3) is 0 Å². The predicted octanol–water partition coefficient (Wildman–Crippen LogP) is 0.377. The van der Waals surface area contributed by atoms with E-state index >= 15 is 0 Å². The first-order valence-corrected chi connectivity index (χ1v) is 4.19. The third-order valence-electron chi connectivity index (χ3n) is 2.07. The molecule has 12 heavy (non-hydrogen) atoms. The molecule has 68 valence electrons. The Bertz CT molecular complexity index is 191. The van der Waals surface area contributed by atoms with E-state index in [1.165, 1.54) is 0 Å². The van der Waals surface area contributed by atoms with Gasteiger partial charge >= 0.3 is 5.97 Å². The molecule has 0 bridgehead atoms. The Hall–Kier alpha value is -1.06. The summed E-state index contributed by atoms with van der Waals surface area (Å²) in [4.78, 5) is 21.5. The number of carboxylic acid groups (broad SMARTS) is 1. The van der Waals surface area contributed by atoms with Crippen molar-refractivity contribution in [2.45, 2.75) is 25.7 Å². The first-order chi connectivity index (χ1) is 5.70. The van der Waals surface area contributed by atoms with Crippen LogP contribution in [0.5, 0.6) is 0 Å². The largest absolute Gasteiger partial charge is 0.481 e. The molecule has 1 fully saturated rings. The fraction of sp³-hybridized carbons (Fsp3) is 0.750. The van der Waals surface area contributed by atoms with Crippen LogP contribution in [0.2, 0.25) is 0 Å². The summed E-state index contributed by atoms with van der Waals surface area (Å²) in [5.74, 6) is -1.31. The number of hydrogen-bond acceptors (Lipinski definition) is 2. The van der Waals surface area contributed by atoms with E-state index in [2.05, 4.69) is 5.32 Å². The number of carbonyl (C=O) groups excluding carboxylic acids is 1. The minimum atomic E-state index is -0.892. The lowest BCUT2D eigenvalue weighted by atomic mass is 9.99. The quantitative estimate of drug-likeness (QED) is 0.631. The van der Waals surface area contributed by atoms with Gasteiger partial charge in [-0.05, 0) is 12.8 Å². The molecule has 0 aromatic carbocycles. The van der Waals surface area contributed by atoms with Crippen molar-refractivity contribution in [1.82, 2.24) is 5.32 Å². The Morgan fingerprint density at radius 2 is 2.33 bits per heavy atom. The molecular formula is C8H13NO3. The van der Waals surface area contributed by atoms with Crippen molar-refractivity contribution in [2.75, 3.05) is 6.54 Å². The van der Waals surface area contributed by atoms with E-state index in [1.807, 2.05) is 0 Å². The van der Waals surface area contributed by atoms with E-state index in [0.29, 0.717) is 13.0 Å². The SMILES string of the molecule is O=C(O)C[C@@H]1CCCCNC1=O. The average Bonchev–Trinajstić information content (AvgIpc) is 2.16. The second-order valence-electron chi connectivity index (χ2n) is 3.08. The fourth-order valence-electron chi connectivity index (χ4n) is 1.41. The predicted molar refractivity (Wildman–Crippen MR) is 42.6 cm³/mol. The second kappa shape index (κ2) is 4.09. The van der Waals surface area contributed by atoms with Crippen LogP contribution in [-0.4, -0.2) is 23.5 Å². The van der Waals surface area contributed by atoms with Gasteiger partial charge in [-0.25, -0.2) is 0 Å². The molecule has 0 aliphatic carbocycles. The molecule has 1 aliphatic heterocycles. The maximum atomic E-state index is 11.2. The summed E-state index contributed by atoms with van der Waals surface area (Å²) < 4.78 is 0. The molecule has 4 nitrogen and oxygen atoms in total. The van der Waals surface area contributed by atoms with Gasteiger partial charge in [-0.15, -0.1) is 0 Å². The molecule has 1 rings (SSSR count). The van der Waals surface area contributed by atoms with Crippen molar-refractivity contribution in [3.05, 3.63) is 0 Å². The third kappa shape index (κ3) is 2.53. The lowest BCUT2D eigenvalue weighted by Gasteiger charge is -2.08. The topological polar surface area (TPSA) is 66.4 Å². The normalized spacial score (nSPS) is 24.3. The molecule has 1 atom stereocenters. The number of rotatable bonds is 2. The monoisotopic (exact) mass is 171 g/mol. The van der Waals surface area contributed by atoms with Crippen LogP contribution in [0.15, 0.2) is 0 Å². The van der Waals surface area contributed by atoms with E-state index in [1.54, 1.807) is 0 Å². The highest BCUT2D eigenvalue weighted by atomic mass is 16.4. The Balaban J connectivity index is 2.47. The van der Waals surface area contributed by atoms with Crippen molar-refractivity contribution in [3.8, 4) is 0 Å². The number of hydrogen-bond donors (Lipinski definition) is 2. The minimum absolute atomic E-state index is 0.0359. The molecule has 0 saturated carbocycles. The average molecular weight is 171 g/mol. The molecular weight excluding hydrogens is 158 g/mol. The smallest absolute Gasteiger partial charge is 0.304 e. The van der Waals surface area contributed by atoms with Crippen LogP contribution in [-0.2, 0) is 9.59 Å². The Kier molecular flexibility index (Phi) is 3.08. The van der Waals surface area contributed by atoms with Crippen LogP contribution in [0.3, 0.4) is 0 Å². The highest BCUT2D eigenvalue weighted by molar-refractivity contribution is 5.83. The third-order valence-corrected chi connectivity index (χ3v) is 2.07. The van der Waals surface area contributed by atoms with Crippen molar-refractivity contribution in [1.29, 1.82) is 0 Å². The molecule has 4 heteroatoms. The highest BCUT2D eigenvalue weighted by Crippen LogP contribution is 2.15. The molecule has 0 aromatic rings. The van der Waals surface area contributed by atoms with Gasteiger partial charge < -0.3 is 10.4 Å². The summed E-state index contributed by atoms with van der Waals surface area (Å²) in [6.07, 6.45) is 2.57. The summed E-state index contributed by atoms with van der Waals surface area (Å²) in [5, 5.41) is 11.2. The van der Waals surface area contributed by atoms with Crippen molar-refractivity contribution < 1.29 is 14.7 Å². The van der Waals surface area contributed by atoms with E-state index < -0.39 is 5.97 Å². The molecule has 1 amide bonds. The molecule has 0 aromatic heterocycles. The molecule has 0 radical (unpaired) electrons. The Morgan fingerprint density at radius 3 is 3.00 bits per heavy atom. The van der Waals surface area contributed by atoms with Crippen LogP contribution in [0.4, 0.5) is 0 Å². The highest BCUT2D eigenvalue weighted by Gasteiger charge is 2.22. The van der Waals surface area contributed by atoms with Crippen LogP contribution in [0, 0.1) is 5.92 Å². The first-order valence-electron chi connectivity index (χ1n) is 4.19. The number of nitrogens with one attached hydrogen (secondary N) is 1. The second-order valence-corrected chi connectivity index (χ2v) is 3.08. The van der Waals surface area contributed by atoms with E-state index in [-0.39, 0.29) is 18.2 Å². The van der Waals surface area contributed by atoms with Gasteiger partial charge in [0.25, 0.3) is 0 Å². The maximum absolute atomic E-state index is 11.2. The molecule has 1 aliphatic rings. The summed E-state index contributed by atoms with van der Waals surface area (Å²) >= 11 is 0. The Labute approximate surface area is 71.0 Å². The summed E-state index contributed by atoms with van der Waals surface area (Å²) in [5.41, 5.74) is 0. The zero-order valence-corrected chi connectivity index (χ0v) is 6.88. The van der Waals surface area contributed by atoms with Gasteiger partial charge in [-0.2, -0.15) is 0 Å². The van der Waals surface area contributed by atoms with Gasteiger partial charge in [0.05, 0.1) is 6.42 Å². The number of amides is 1. The standard InChI is InChI=1S/C8H13NO3/c10-7(11)5-6-3-1-2-4-9-8(6)12/h6H,1-5H2,(H,9,12)(H,10,11)/t6-/m0/s1. The van der Waals surface area contributed by atoms with Crippen LogP contribution < -0.4 is 5.32 Å². The molecule has 0 unspecified atom stereocenters. The van der Waals surface area contributed by atoms with Crippen LogP contribution in [0.1, 0.15) is 25.7 Å². The van der Waals surface area contributed by atoms with Gasteiger partial charge in [0.2, 0.25) is 5.91 Å². The Morgan fingerprint density at radius 1 is 1.58 bits per heavy atom. The van der Waals surface area contributed by atoms with Crippen molar-refractivity contribution in [2.24, 2.45) is 5.92 Å². The van der Waals surface area contributed by atoms with Gasteiger partial charge in [-0.3, -0.25) is 9.59 Å². The van der Waals surface area contributed by atoms with Gasteiger partial charge in [0.15, 0.2) is 0 Å². The molecule has 0 spiro atoms. The van der Waals surface area contributed by atoms with Crippen LogP contribution >= 0.6 is 0 Å². The lowest BCUT2D eigenvalue weighted by Crippen LogP contribution is -2.30. The summed E-state index contributed by atoms with van der Waals surface area (Å²) in [6, 6.07) is 0. The molecule has 1 heterocycles. The summed E-state index contributed by atoms with van der Waals surface area (Å²) in [7, 11) is 0. The first kappa shape index (κ1) is 9.03. The lowest BCUT2D eigenvalue weighted by molar-refractivity contribution is -0.141. The van der Waals surface area contributed by atoms with Gasteiger partial charge in [-0.1, -0.05) is 6.42 Å². The number of aliphatic carboxylic acids is 1.